The Morgan fingerprint density at radius 2 is 2.00 bits per heavy atom. The van der Waals surface area contributed by atoms with Gasteiger partial charge in [-0.05, 0) is 66.6 Å². The summed E-state index contributed by atoms with van der Waals surface area (Å²) in [5, 5.41) is 3.88. The van der Waals surface area contributed by atoms with Gasteiger partial charge in [-0.3, -0.25) is 4.79 Å². The number of fused-ring (bicyclic) bond motifs is 1. The summed E-state index contributed by atoms with van der Waals surface area (Å²) in [5.74, 6) is 0.217. The molecule has 0 aliphatic carbocycles. The van der Waals surface area contributed by atoms with Crippen molar-refractivity contribution < 1.29 is 9.21 Å². The highest BCUT2D eigenvalue weighted by Crippen LogP contribution is 2.27. The van der Waals surface area contributed by atoms with Gasteiger partial charge in [0, 0.05) is 33.6 Å². The van der Waals surface area contributed by atoms with Crippen LogP contribution in [0.2, 0.25) is 10.0 Å². The van der Waals surface area contributed by atoms with Crippen molar-refractivity contribution >= 4 is 52.1 Å². The summed E-state index contributed by atoms with van der Waals surface area (Å²) in [7, 11) is 0. The molecule has 2 aromatic heterocycles. The normalized spacial score (nSPS) is 11.3. The predicted octanol–water partition coefficient (Wildman–Crippen LogP) is 6.16. The fourth-order valence-corrected chi connectivity index (χ4v) is 3.28. The van der Waals surface area contributed by atoms with Crippen molar-refractivity contribution in [3.05, 3.63) is 82.0 Å². The summed E-state index contributed by atoms with van der Waals surface area (Å²) in [6.45, 7) is 1.90. The summed E-state index contributed by atoms with van der Waals surface area (Å²) in [6.07, 6.45) is 4.74. The van der Waals surface area contributed by atoms with E-state index in [-0.39, 0.29) is 5.91 Å². The molecule has 4 rings (SSSR count). The number of aromatic nitrogens is 2. The molecule has 0 unspecified atom stereocenters. The third-order valence-electron chi connectivity index (χ3n) is 4.27. The molecule has 5 nitrogen and oxygen atoms in total. The van der Waals surface area contributed by atoms with E-state index < -0.39 is 0 Å². The topological polar surface area (TPSA) is 68.0 Å². The summed E-state index contributed by atoms with van der Waals surface area (Å²) in [4.78, 5) is 20.9. The van der Waals surface area contributed by atoms with E-state index in [9.17, 15) is 4.79 Å². The molecule has 1 amide bonds. The van der Waals surface area contributed by atoms with Gasteiger partial charge in [-0.1, -0.05) is 29.3 Å². The quantitative estimate of drug-likeness (QED) is 0.399. The van der Waals surface area contributed by atoms with Crippen LogP contribution in [0.4, 0.5) is 5.69 Å². The minimum absolute atomic E-state index is 0.266. The minimum atomic E-state index is -0.266. The third-order valence-corrected chi connectivity index (χ3v) is 4.84. The van der Waals surface area contributed by atoms with E-state index in [0.29, 0.717) is 38.4 Å². The number of amides is 1. The second-order valence-corrected chi connectivity index (χ2v) is 7.21. The fraction of sp³-hybridized carbons (Fsp3) is 0.0455. The van der Waals surface area contributed by atoms with Crippen LogP contribution in [-0.4, -0.2) is 15.9 Å². The first-order chi connectivity index (χ1) is 14.0. The molecule has 2 aromatic carbocycles. The molecule has 1 N–H and O–H groups in total. The first-order valence-electron chi connectivity index (χ1n) is 8.76. The number of anilines is 1. The Bertz CT molecular complexity index is 1220. The van der Waals surface area contributed by atoms with Gasteiger partial charge in [0.25, 0.3) is 0 Å². The number of rotatable bonds is 4. The Kier molecular flexibility index (Phi) is 5.34. The van der Waals surface area contributed by atoms with Crippen molar-refractivity contribution in [2.75, 3.05) is 5.32 Å². The number of pyridine rings is 1. The zero-order valence-corrected chi connectivity index (χ0v) is 16.8. The van der Waals surface area contributed by atoms with Crippen molar-refractivity contribution in [3.8, 4) is 11.5 Å². The maximum absolute atomic E-state index is 12.3. The number of aryl methyl sites for hydroxylation is 1. The van der Waals surface area contributed by atoms with Gasteiger partial charge in [-0.15, -0.1) is 0 Å². The number of halogens is 2. The van der Waals surface area contributed by atoms with Crippen molar-refractivity contribution in [2.45, 2.75) is 6.92 Å². The standard InChI is InChI=1S/C22H15Cl2N3O2/c1-13-11-15(22-27-21-19(29-22)3-2-10-25-21)5-8-18(13)26-20(28)9-6-14-4-7-16(23)12-17(14)24/h2-12H,1H3,(H,26,28). The molecular formula is C22H15Cl2N3O2. The summed E-state index contributed by atoms with van der Waals surface area (Å²) >= 11 is 12.0. The zero-order valence-electron chi connectivity index (χ0n) is 15.3. The maximum Gasteiger partial charge on any atom is 0.248 e. The van der Waals surface area contributed by atoms with Gasteiger partial charge in [0.05, 0.1) is 0 Å². The molecule has 2 heterocycles. The maximum atomic E-state index is 12.3. The Morgan fingerprint density at radius 3 is 2.76 bits per heavy atom. The van der Waals surface area contributed by atoms with Crippen molar-refractivity contribution in [2.24, 2.45) is 0 Å². The first kappa shape index (κ1) is 19.2. The Balaban J connectivity index is 1.50. The molecule has 0 saturated carbocycles. The Morgan fingerprint density at radius 1 is 1.14 bits per heavy atom. The molecule has 29 heavy (non-hydrogen) atoms. The minimum Gasteiger partial charge on any atom is -0.434 e. The van der Waals surface area contributed by atoms with E-state index in [4.69, 9.17) is 27.6 Å². The molecule has 7 heteroatoms. The molecule has 0 aliphatic rings. The van der Waals surface area contributed by atoms with Crippen molar-refractivity contribution in [1.82, 2.24) is 9.97 Å². The van der Waals surface area contributed by atoms with Gasteiger partial charge >= 0.3 is 0 Å². The summed E-state index contributed by atoms with van der Waals surface area (Å²) in [6, 6.07) is 14.3. The highest BCUT2D eigenvalue weighted by molar-refractivity contribution is 6.35. The smallest absolute Gasteiger partial charge is 0.248 e. The highest BCUT2D eigenvalue weighted by Gasteiger charge is 2.11. The van der Waals surface area contributed by atoms with Crippen LogP contribution >= 0.6 is 23.2 Å². The molecule has 0 aliphatic heterocycles. The van der Waals surface area contributed by atoms with Gasteiger partial charge in [0.2, 0.25) is 11.8 Å². The van der Waals surface area contributed by atoms with Crippen LogP contribution in [0.1, 0.15) is 11.1 Å². The predicted molar refractivity (Wildman–Crippen MR) is 116 cm³/mol. The fourth-order valence-electron chi connectivity index (χ4n) is 2.81. The largest absolute Gasteiger partial charge is 0.434 e. The molecule has 0 radical (unpaired) electrons. The van der Waals surface area contributed by atoms with Crippen LogP contribution in [-0.2, 0) is 4.79 Å². The van der Waals surface area contributed by atoms with E-state index in [0.717, 1.165) is 11.1 Å². The van der Waals surface area contributed by atoms with Gasteiger partial charge in [-0.25, -0.2) is 4.98 Å². The van der Waals surface area contributed by atoms with E-state index in [1.807, 2.05) is 31.2 Å². The number of hydrogen-bond acceptors (Lipinski definition) is 4. The van der Waals surface area contributed by atoms with Crippen molar-refractivity contribution in [3.63, 3.8) is 0 Å². The van der Waals surface area contributed by atoms with Crippen LogP contribution in [0, 0.1) is 6.92 Å². The monoisotopic (exact) mass is 423 g/mol. The van der Waals surface area contributed by atoms with Crippen LogP contribution in [0.25, 0.3) is 28.8 Å². The summed E-state index contributed by atoms with van der Waals surface area (Å²) < 4.78 is 5.74. The highest BCUT2D eigenvalue weighted by atomic mass is 35.5. The SMILES string of the molecule is Cc1cc(-c2nc3ncccc3o2)ccc1NC(=O)C=Cc1ccc(Cl)cc1Cl. The van der Waals surface area contributed by atoms with Gasteiger partial charge in [-0.2, -0.15) is 4.98 Å². The molecule has 4 aromatic rings. The third kappa shape index (κ3) is 4.31. The van der Waals surface area contributed by atoms with Gasteiger partial charge < -0.3 is 9.73 Å². The lowest BCUT2D eigenvalue weighted by Crippen LogP contribution is -2.08. The number of carbonyl (C=O) groups is 1. The molecule has 0 spiro atoms. The first-order valence-corrected chi connectivity index (χ1v) is 9.52. The lowest BCUT2D eigenvalue weighted by Gasteiger charge is -2.07. The number of hydrogen-bond donors (Lipinski definition) is 1. The number of nitrogens with zero attached hydrogens (tertiary/aromatic N) is 2. The van der Waals surface area contributed by atoms with E-state index in [1.165, 1.54) is 6.08 Å². The number of benzene rings is 2. The number of nitrogens with one attached hydrogen (secondary N) is 1. The molecular weight excluding hydrogens is 409 g/mol. The number of carbonyl (C=O) groups excluding carboxylic acids is 1. The second-order valence-electron chi connectivity index (χ2n) is 6.36. The average molecular weight is 424 g/mol. The number of oxazole rings is 1. The molecule has 0 atom stereocenters. The van der Waals surface area contributed by atoms with Crippen LogP contribution < -0.4 is 5.32 Å². The Labute approximate surface area is 177 Å². The summed E-state index contributed by atoms with van der Waals surface area (Å²) in [5.41, 5.74) is 4.28. The van der Waals surface area contributed by atoms with Gasteiger partial charge in [0.1, 0.15) is 0 Å². The lowest BCUT2D eigenvalue weighted by atomic mass is 10.1. The van der Waals surface area contributed by atoms with E-state index in [1.54, 1.807) is 36.5 Å². The van der Waals surface area contributed by atoms with E-state index >= 15 is 0 Å². The second kappa shape index (κ2) is 8.07. The average Bonchev–Trinajstić information content (AvgIpc) is 3.13. The van der Waals surface area contributed by atoms with Crippen LogP contribution in [0.15, 0.2) is 65.2 Å². The van der Waals surface area contributed by atoms with Crippen LogP contribution in [0.3, 0.4) is 0 Å². The molecule has 0 fully saturated rings. The molecule has 0 bridgehead atoms. The van der Waals surface area contributed by atoms with Crippen LogP contribution in [0.5, 0.6) is 0 Å². The Hall–Kier alpha value is -3.15. The van der Waals surface area contributed by atoms with Crippen molar-refractivity contribution in [1.29, 1.82) is 0 Å². The molecule has 144 valence electrons. The van der Waals surface area contributed by atoms with Gasteiger partial charge in [0.15, 0.2) is 11.2 Å². The molecule has 0 saturated heterocycles. The van der Waals surface area contributed by atoms with E-state index in [2.05, 4.69) is 15.3 Å². The lowest BCUT2D eigenvalue weighted by molar-refractivity contribution is -0.111. The zero-order chi connectivity index (χ0) is 20.4.